The Bertz CT molecular complexity index is 419. The topological polar surface area (TPSA) is 28.2 Å². The second-order valence-electron chi connectivity index (χ2n) is 5.29. The summed E-state index contributed by atoms with van der Waals surface area (Å²) in [6, 6.07) is 2.10. The van der Waals surface area contributed by atoms with E-state index in [4.69, 9.17) is 23.2 Å². The lowest BCUT2D eigenvalue weighted by molar-refractivity contribution is 0.566. The molecule has 1 heterocycles. The van der Waals surface area contributed by atoms with E-state index in [-0.39, 0.29) is 0 Å². The molecular formula is C14H23Cl2N3. The molecule has 3 nitrogen and oxygen atoms in total. The molecule has 5 heteroatoms. The molecular weight excluding hydrogens is 281 g/mol. The Labute approximate surface area is 126 Å². The van der Waals surface area contributed by atoms with E-state index in [1.54, 1.807) is 6.07 Å². The maximum Gasteiger partial charge on any atom is 0.150 e. The molecule has 0 bridgehead atoms. The molecule has 0 saturated carbocycles. The Kier molecular flexibility index (Phi) is 6.21. The summed E-state index contributed by atoms with van der Waals surface area (Å²) in [5, 5.41) is 4.32. The monoisotopic (exact) mass is 303 g/mol. The predicted octanol–water partition coefficient (Wildman–Crippen LogP) is 4.69. The Morgan fingerprint density at radius 1 is 1.21 bits per heavy atom. The van der Waals surface area contributed by atoms with Gasteiger partial charge < -0.3 is 10.2 Å². The number of hydrogen-bond donors (Lipinski definition) is 1. The summed E-state index contributed by atoms with van der Waals surface area (Å²) < 4.78 is 0. The fraction of sp³-hybridized carbons (Fsp3) is 0.643. The van der Waals surface area contributed by atoms with Gasteiger partial charge in [-0.05, 0) is 32.8 Å². The lowest BCUT2D eigenvalue weighted by Crippen LogP contribution is -2.35. The zero-order valence-electron chi connectivity index (χ0n) is 12.3. The summed E-state index contributed by atoms with van der Waals surface area (Å²) >= 11 is 12.4. The molecule has 0 spiro atoms. The average molecular weight is 304 g/mol. The molecule has 0 radical (unpaired) electrons. The smallest absolute Gasteiger partial charge is 0.150 e. The van der Waals surface area contributed by atoms with Gasteiger partial charge in [-0.1, -0.05) is 37.0 Å². The number of nitrogens with one attached hydrogen (secondary N) is 1. The van der Waals surface area contributed by atoms with Crippen LogP contribution in [0.5, 0.6) is 0 Å². The molecule has 1 rings (SSSR count). The van der Waals surface area contributed by atoms with Gasteiger partial charge in [0, 0.05) is 19.1 Å². The lowest BCUT2D eigenvalue weighted by Gasteiger charge is -2.30. The van der Waals surface area contributed by atoms with E-state index in [1.165, 1.54) is 0 Å². The van der Waals surface area contributed by atoms with Crippen molar-refractivity contribution in [1.82, 2.24) is 4.98 Å². The minimum atomic E-state index is 0.336. The summed E-state index contributed by atoms with van der Waals surface area (Å²) in [7, 11) is 0. The number of aromatic nitrogens is 1. The SMILES string of the molecule is CCNc1nc(N(CC(C)C)C(C)C)c(Cl)cc1Cl. The molecule has 0 atom stereocenters. The highest BCUT2D eigenvalue weighted by atomic mass is 35.5. The molecule has 0 fully saturated rings. The van der Waals surface area contributed by atoms with Gasteiger partial charge in [-0.2, -0.15) is 0 Å². The maximum absolute atomic E-state index is 6.31. The van der Waals surface area contributed by atoms with E-state index < -0.39 is 0 Å². The van der Waals surface area contributed by atoms with Crippen LogP contribution in [-0.4, -0.2) is 24.1 Å². The molecule has 0 aliphatic carbocycles. The van der Waals surface area contributed by atoms with Gasteiger partial charge in [-0.15, -0.1) is 0 Å². The van der Waals surface area contributed by atoms with Crippen molar-refractivity contribution in [2.45, 2.75) is 40.7 Å². The van der Waals surface area contributed by atoms with Crippen LogP contribution in [0.3, 0.4) is 0 Å². The first-order valence-electron chi connectivity index (χ1n) is 6.73. The van der Waals surface area contributed by atoms with E-state index in [2.05, 4.69) is 42.9 Å². The van der Waals surface area contributed by atoms with Crippen molar-refractivity contribution in [2.24, 2.45) is 5.92 Å². The van der Waals surface area contributed by atoms with Crippen molar-refractivity contribution >= 4 is 34.8 Å². The first-order chi connectivity index (χ1) is 8.86. The summed E-state index contributed by atoms with van der Waals surface area (Å²) in [5.74, 6) is 2.03. The highest BCUT2D eigenvalue weighted by molar-refractivity contribution is 6.37. The highest BCUT2D eigenvalue weighted by Gasteiger charge is 2.18. The van der Waals surface area contributed by atoms with E-state index >= 15 is 0 Å². The van der Waals surface area contributed by atoms with Crippen molar-refractivity contribution in [3.8, 4) is 0 Å². The van der Waals surface area contributed by atoms with Crippen LogP contribution in [0.25, 0.3) is 0 Å². The molecule has 0 aromatic carbocycles. The molecule has 0 aliphatic heterocycles. The van der Waals surface area contributed by atoms with Gasteiger partial charge >= 0.3 is 0 Å². The number of hydrogen-bond acceptors (Lipinski definition) is 3. The van der Waals surface area contributed by atoms with Crippen LogP contribution in [0, 0.1) is 5.92 Å². The fourth-order valence-electron chi connectivity index (χ4n) is 1.88. The van der Waals surface area contributed by atoms with E-state index in [1.807, 2.05) is 6.92 Å². The largest absolute Gasteiger partial charge is 0.369 e. The zero-order valence-corrected chi connectivity index (χ0v) is 13.8. The van der Waals surface area contributed by atoms with Gasteiger partial charge in [0.25, 0.3) is 0 Å². The van der Waals surface area contributed by atoms with Crippen molar-refractivity contribution < 1.29 is 0 Å². The second-order valence-corrected chi connectivity index (χ2v) is 6.11. The first kappa shape index (κ1) is 16.4. The Morgan fingerprint density at radius 3 is 2.32 bits per heavy atom. The maximum atomic E-state index is 6.31. The molecule has 1 N–H and O–H groups in total. The normalized spacial score (nSPS) is 11.2. The lowest BCUT2D eigenvalue weighted by atomic mass is 10.2. The average Bonchev–Trinajstić information content (AvgIpc) is 2.29. The van der Waals surface area contributed by atoms with Crippen LogP contribution < -0.4 is 10.2 Å². The van der Waals surface area contributed by atoms with Crippen LogP contribution in [0.1, 0.15) is 34.6 Å². The third kappa shape index (κ3) is 4.43. The van der Waals surface area contributed by atoms with Crippen LogP contribution in [-0.2, 0) is 0 Å². The third-order valence-electron chi connectivity index (χ3n) is 2.71. The Hall–Kier alpha value is -0.670. The number of halogens is 2. The summed E-state index contributed by atoms with van der Waals surface area (Å²) in [4.78, 5) is 6.80. The summed E-state index contributed by atoms with van der Waals surface area (Å²) in [5.41, 5.74) is 0. The Balaban J connectivity index is 3.17. The molecule has 0 saturated heterocycles. The van der Waals surface area contributed by atoms with Gasteiger partial charge in [0.05, 0.1) is 10.0 Å². The summed E-state index contributed by atoms with van der Waals surface area (Å²) in [6.07, 6.45) is 0. The minimum Gasteiger partial charge on any atom is -0.369 e. The van der Waals surface area contributed by atoms with E-state index in [0.717, 1.165) is 18.9 Å². The van der Waals surface area contributed by atoms with E-state index in [9.17, 15) is 0 Å². The van der Waals surface area contributed by atoms with Gasteiger partial charge in [0.2, 0.25) is 0 Å². The van der Waals surface area contributed by atoms with Crippen molar-refractivity contribution in [3.05, 3.63) is 16.1 Å². The fourth-order valence-corrected chi connectivity index (χ4v) is 2.42. The Morgan fingerprint density at radius 2 is 1.84 bits per heavy atom. The van der Waals surface area contributed by atoms with Gasteiger partial charge in [-0.25, -0.2) is 4.98 Å². The van der Waals surface area contributed by atoms with Gasteiger partial charge in [0.15, 0.2) is 0 Å². The number of anilines is 2. The van der Waals surface area contributed by atoms with Crippen molar-refractivity contribution in [1.29, 1.82) is 0 Å². The standard InChI is InChI=1S/C14H23Cl2N3/c1-6-17-13-11(15)7-12(16)14(18-13)19(10(4)5)8-9(2)3/h7,9-10H,6,8H2,1-5H3,(H,17,18). The quantitative estimate of drug-likeness (QED) is 0.826. The molecule has 19 heavy (non-hydrogen) atoms. The van der Waals surface area contributed by atoms with Crippen LogP contribution >= 0.6 is 23.2 Å². The number of pyridine rings is 1. The predicted molar refractivity (Wildman–Crippen MR) is 85.7 cm³/mol. The van der Waals surface area contributed by atoms with Crippen molar-refractivity contribution in [3.63, 3.8) is 0 Å². The summed E-state index contributed by atoms with van der Waals surface area (Å²) in [6.45, 7) is 12.4. The van der Waals surface area contributed by atoms with Gasteiger partial charge in [0.1, 0.15) is 11.6 Å². The van der Waals surface area contributed by atoms with Crippen molar-refractivity contribution in [2.75, 3.05) is 23.3 Å². The first-order valence-corrected chi connectivity index (χ1v) is 7.48. The third-order valence-corrected chi connectivity index (χ3v) is 3.28. The highest BCUT2D eigenvalue weighted by Crippen LogP contribution is 2.32. The van der Waals surface area contributed by atoms with Crippen LogP contribution in [0.15, 0.2) is 6.07 Å². The minimum absolute atomic E-state index is 0.336. The molecule has 1 aromatic heterocycles. The second kappa shape index (κ2) is 7.20. The molecule has 1 aromatic rings. The van der Waals surface area contributed by atoms with E-state index in [0.29, 0.717) is 27.8 Å². The molecule has 108 valence electrons. The van der Waals surface area contributed by atoms with Crippen LogP contribution in [0.2, 0.25) is 10.0 Å². The molecule has 0 aliphatic rings. The molecule has 0 unspecified atom stereocenters. The zero-order chi connectivity index (χ0) is 14.6. The van der Waals surface area contributed by atoms with Gasteiger partial charge in [-0.3, -0.25) is 0 Å². The number of rotatable bonds is 6. The molecule has 0 amide bonds. The van der Waals surface area contributed by atoms with Crippen LogP contribution in [0.4, 0.5) is 11.6 Å². The number of nitrogens with zero attached hydrogens (tertiary/aromatic N) is 2.